The van der Waals surface area contributed by atoms with Crippen LogP contribution in [0.4, 0.5) is 13.2 Å². The van der Waals surface area contributed by atoms with Gasteiger partial charge in [0, 0.05) is 0 Å². The van der Waals surface area contributed by atoms with Gasteiger partial charge in [0.25, 0.3) is 11.8 Å². The SMILES string of the molecule is CCOc1ccccc1OCC(=O)NNC(=O)COc1cccc(C(F)(F)F)c1. The number of nitrogens with one attached hydrogen (secondary N) is 2. The lowest BCUT2D eigenvalue weighted by Gasteiger charge is -2.12. The summed E-state index contributed by atoms with van der Waals surface area (Å²) in [6.45, 7) is 1.25. The van der Waals surface area contributed by atoms with Crippen molar-refractivity contribution in [2.24, 2.45) is 0 Å². The Morgan fingerprint density at radius 3 is 2.03 bits per heavy atom. The molecule has 2 amide bonds. The van der Waals surface area contributed by atoms with Crippen LogP contribution in [0.5, 0.6) is 17.2 Å². The molecule has 0 aliphatic carbocycles. The van der Waals surface area contributed by atoms with Gasteiger partial charge < -0.3 is 14.2 Å². The molecule has 0 aliphatic heterocycles. The number of halogens is 3. The predicted octanol–water partition coefficient (Wildman–Crippen LogP) is 2.71. The third kappa shape index (κ3) is 7.24. The smallest absolute Gasteiger partial charge is 0.416 e. The number of hydrogen-bond donors (Lipinski definition) is 2. The van der Waals surface area contributed by atoms with Gasteiger partial charge in [0.05, 0.1) is 12.2 Å². The highest BCUT2D eigenvalue weighted by Gasteiger charge is 2.30. The molecule has 0 saturated carbocycles. The van der Waals surface area contributed by atoms with Gasteiger partial charge in [0.2, 0.25) is 0 Å². The molecule has 0 atom stereocenters. The van der Waals surface area contributed by atoms with Crippen molar-refractivity contribution < 1.29 is 37.0 Å². The fourth-order valence-corrected chi connectivity index (χ4v) is 2.11. The summed E-state index contributed by atoms with van der Waals surface area (Å²) >= 11 is 0. The highest BCUT2D eigenvalue weighted by atomic mass is 19.4. The molecule has 0 heterocycles. The van der Waals surface area contributed by atoms with E-state index in [1.54, 1.807) is 31.2 Å². The topological polar surface area (TPSA) is 85.9 Å². The Kier molecular flexibility index (Phi) is 7.70. The fourth-order valence-electron chi connectivity index (χ4n) is 2.11. The van der Waals surface area contributed by atoms with E-state index in [-0.39, 0.29) is 5.75 Å². The van der Waals surface area contributed by atoms with Crippen LogP contribution < -0.4 is 25.1 Å². The van der Waals surface area contributed by atoms with Gasteiger partial charge >= 0.3 is 6.18 Å². The average Bonchev–Trinajstić information content (AvgIpc) is 2.70. The fraction of sp³-hybridized carbons (Fsp3) is 0.263. The van der Waals surface area contributed by atoms with Crippen molar-refractivity contribution >= 4 is 11.8 Å². The number of amides is 2. The van der Waals surface area contributed by atoms with Crippen LogP contribution in [0, 0.1) is 0 Å². The van der Waals surface area contributed by atoms with Crippen molar-refractivity contribution in [3.05, 3.63) is 54.1 Å². The van der Waals surface area contributed by atoms with E-state index in [4.69, 9.17) is 14.2 Å². The van der Waals surface area contributed by atoms with Crippen molar-refractivity contribution in [1.82, 2.24) is 10.9 Å². The van der Waals surface area contributed by atoms with Gasteiger partial charge in [-0.15, -0.1) is 0 Å². The summed E-state index contributed by atoms with van der Waals surface area (Å²) < 4.78 is 53.6. The van der Waals surface area contributed by atoms with Crippen molar-refractivity contribution in [2.75, 3.05) is 19.8 Å². The van der Waals surface area contributed by atoms with E-state index in [2.05, 4.69) is 10.9 Å². The predicted molar refractivity (Wildman–Crippen MR) is 96.3 cm³/mol. The van der Waals surface area contributed by atoms with Crippen LogP contribution in [0.15, 0.2) is 48.5 Å². The molecule has 0 spiro atoms. The molecule has 2 rings (SSSR count). The minimum atomic E-state index is -4.52. The van der Waals surface area contributed by atoms with Crippen LogP contribution in [-0.4, -0.2) is 31.6 Å². The van der Waals surface area contributed by atoms with Crippen LogP contribution in [0.2, 0.25) is 0 Å². The molecule has 0 fully saturated rings. The maximum atomic E-state index is 12.6. The summed E-state index contributed by atoms with van der Waals surface area (Å²) in [5.41, 5.74) is 3.29. The Morgan fingerprint density at radius 2 is 1.45 bits per heavy atom. The number of carbonyl (C=O) groups excluding carboxylic acids is 2. The molecular weight excluding hydrogens is 393 g/mol. The van der Waals surface area contributed by atoms with Crippen LogP contribution in [0.1, 0.15) is 12.5 Å². The second kappa shape index (κ2) is 10.2. The van der Waals surface area contributed by atoms with E-state index in [9.17, 15) is 22.8 Å². The third-order valence-corrected chi connectivity index (χ3v) is 3.38. The number of rotatable bonds is 8. The Labute approximate surface area is 164 Å². The Balaban J connectivity index is 1.75. The first-order valence-electron chi connectivity index (χ1n) is 8.52. The van der Waals surface area contributed by atoms with E-state index in [1.807, 2.05) is 0 Å². The first-order valence-corrected chi connectivity index (χ1v) is 8.52. The number of alkyl halides is 3. The van der Waals surface area contributed by atoms with Gasteiger partial charge in [-0.05, 0) is 37.3 Å². The zero-order valence-corrected chi connectivity index (χ0v) is 15.4. The standard InChI is InChI=1S/C19H19F3N2O5/c1-2-27-15-8-3-4-9-16(15)29-12-18(26)24-23-17(25)11-28-14-7-5-6-13(10-14)19(20,21)22/h3-10H,2,11-12H2,1H3,(H,23,25)(H,24,26). The summed E-state index contributed by atoms with van der Waals surface area (Å²) in [7, 11) is 0. The first-order chi connectivity index (χ1) is 13.8. The van der Waals surface area contributed by atoms with E-state index >= 15 is 0 Å². The van der Waals surface area contributed by atoms with Gasteiger partial charge in [-0.25, -0.2) is 0 Å². The lowest BCUT2D eigenvalue weighted by atomic mass is 10.2. The average molecular weight is 412 g/mol. The van der Waals surface area contributed by atoms with E-state index < -0.39 is 36.8 Å². The number of hydrazine groups is 1. The van der Waals surface area contributed by atoms with E-state index in [1.165, 1.54) is 6.07 Å². The van der Waals surface area contributed by atoms with E-state index in [0.717, 1.165) is 18.2 Å². The molecule has 0 unspecified atom stereocenters. The third-order valence-electron chi connectivity index (χ3n) is 3.38. The highest BCUT2D eigenvalue weighted by Crippen LogP contribution is 2.31. The molecule has 0 radical (unpaired) electrons. The quantitative estimate of drug-likeness (QED) is 0.652. The molecule has 7 nitrogen and oxygen atoms in total. The van der Waals surface area contributed by atoms with Gasteiger partial charge in [0.15, 0.2) is 24.7 Å². The minimum absolute atomic E-state index is 0.128. The van der Waals surface area contributed by atoms with Gasteiger partial charge in [-0.1, -0.05) is 18.2 Å². The molecule has 156 valence electrons. The van der Waals surface area contributed by atoms with Crippen LogP contribution in [0.25, 0.3) is 0 Å². The van der Waals surface area contributed by atoms with Crippen molar-refractivity contribution in [3.63, 3.8) is 0 Å². The Morgan fingerprint density at radius 1 is 0.862 bits per heavy atom. The van der Waals surface area contributed by atoms with Crippen LogP contribution in [0.3, 0.4) is 0 Å². The minimum Gasteiger partial charge on any atom is -0.490 e. The number of hydrogen-bond acceptors (Lipinski definition) is 5. The molecule has 2 aromatic carbocycles. The highest BCUT2D eigenvalue weighted by molar-refractivity contribution is 5.83. The number of ether oxygens (including phenoxy) is 3. The van der Waals surface area contributed by atoms with Crippen molar-refractivity contribution in [3.8, 4) is 17.2 Å². The molecule has 0 saturated heterocycles. The second-order valence-electron chi connectivity index (χ2n) is 5.58. The summed E-state index contributed by atoms with van der Waals surface area (Å²) in [6, 6.07) is 10.9. The lowest BCUT2D eigenvalue weighted by molar-refractivity contribution is -0.137. The molecular formula is C19H19F3N2O5. The van der Waals surface area contributed by atoms with Gasteiger partial charge in [0.1, 0.15) is 5.75 Å². The Bertz CT molecular complexity index is 843. The van der Waals surface area contributed by atoms with Crippen LogP contribution >= 0.6 is 0 Å². The summed E-state index contributed by atoms with van der Waals surface area (Å²) in [6.07, 6.45) is -4.52. The second-order valence-corrected chi connectivity index (χ2v) is 5.58. The number of para-hydroxylation sites is 2. The lowest BCUT2D eigenvalue weighted by Crippen LogP contribution is -2.45. The normalized spacial score (nSPS) is 10.8. The first kappa shape index (κ1) is 21.9. The largest absolute Gasteiger partial charge is 0.490 e. The maximum absolute atomic E-state index is 12.6. The summed E-state index contributed by atoms with van der Waals surface area (Å²) in [4.78, 5) is 23.4. The van der Waals surface area contributed by atoms with Gasteiger partial charge in [-0.3, -0.25) is 20.4 Å². The Hall–Kier alpha value is -3.43. The molecule has 29 heavy (non-hydrogen) atoms. The van der Waals surface area contributed by atoms with E-state index in [0.29, 0.717) is 18.1 Å². The van der Waals surface area contributed by atoms with Crippen molar-refractivity contribution in [1.29, 1.82) is 0 Å². The number of benzene rings is 2. The maximum Gasteiger partial charge on any atom is 0.416 e. The molecule has 0 bridgehead atoms. The number of carbonyl (C=O) groups is 2. The molecule has 10 heteroatoms. The molecule has 2 aromatic rings. The van der Waals surface area contributed by atoms with Gasteiger partial charge in [-0.2, -0.15) is 13.2 Å². The van der Waals surface area contributed by atoms with Crippen molar-refractivity contribution in [2.45, 2.75) is 13.1 Å². The molecule has 2 N–H and O–H groups in total. The zero-order chi connectivity index (χ0) is 21.3. The summed E-state index contributed by atoms with van der Waals surface area (Å²) in [5, 5.41) is 0. The molecule has 0 aliphatic rings. The molecule has 0 aromatic heterocycles. The zero-order valence-electron chi connectivity index (χ0n) is 15.4. The monoisotopic (exact) mass is 412 g/mol. The summed E-state index contributed by atoms with van der Waals surface area (Å²) in [5.74, 6) is -0.698. The van der Waals surface area contributed by atoms with Crippen LogP contribution in [-0.2, 0) is 15.8 Å².